The van der Waals surface area contributed by atoms with Gasteiger partial charge in [-0.25, -0.2) is 4.79 Å². The van der Waals surface area contributed by atoms with Gasteiger partial charge in [-0.05, 0) is 36.1 Å². The van der Waals surface area contributed by atoms with Crippen molar-refractivity contribution in [1.82, 2.24) is 0 Å². The highest BCUT2D eigenvalue weighted by Gasteiger charge is 2.15. The lowest BCUT2D eigenvalue weighted by atomic mass is 10.1. The van der Waals surface area contributed by atoms with Gasteiger partial charge in [0.15, 0.2) is 0 Å². The SMILES string of the molecule is CCCc1ccc(C(=O)OC(CC)c2ccccc2)cc1. The van der Waals surface area contributed by atoms with Crippen molar-refractivity contribution in [3.63, 3.8) is 0 Å². The van der Waals surface area contributed by atoms with Crippen molar-refractivity contribution in [2.75, 3.05) is 0 Å². The first kappa shape index (κ1) is 15.3. The summed E-state index contributed by atoms with van der Waals surface area (Å²) in [7, 11) is 0. The Balaban J connectivity index is 2.05. The van der Waals surface area contributed by atoms with Crippen LogP contribution in [0.3, 0.4) is 0 Å². The minimum Gasteiger partial charge on any atom is -0.454 e. The fraction of sp³-hybridized carbons (Fsp3) is 0.316. The molecular formula is C19H22O2. The van der Waals surface area contributed by atoms with E-state index >= 15 is 0 Å². The van der Waals surface area contributed by atoms with E-state index in [2.05, 4.69) is 6.92 Å². The average molecular weight is 282 g/mol. The molecule has 0 aromatic heterocycles. The highest BCUT2D eigenvalue weighted by Crippen LogP contribution is 2.22. The number of rotatable bonds is 6. The number of aryl methyl sites for hydroxylation is 1. The molecule has 0 heterocycles. The Hall–Kier alpha value is -2.09. The number of carbonyl (C=O) groups excluding carboxylic acids is 1. The number of carbonyl (C=O) groups is 1. The van der Waals surface area contributed by atoms with E-state index in [1.54, 1.807) is 0 Å². The molecule has 0 fully saturated rings. The molecule has 0 spiro atoms. The maximum atomic E-state index is 12.2. The van der Waals surface area contributed by atoms with E-state index < -0.39 is 0 Å². The zero-order valence-corrected chi connectivity index (χ0v) is 12.7. The zero-order valence-electron chi connectivity index (χ0n) is 12.7. The smallest absolute Gasteiger partial charge is 0.338 e. The van der Waals surface area contributed by atoms with Crippen LogP contribution in [-0.4, -0.2) is 5.97 Å². The minimum absolute atomic E-state index is 0.186. The van der Waals surface area contributed by atoms with E-state index in [1.807, 2.05) is 61.5 Å². The predicted molar refractivity (Wildman–Crippen MR) is 85.3 cm³/mol. The second-order valence-corrected chi connectivity index (χ2v) is 5.16. The molecule has 0 aliphatic rings. The molecule has 1 atom stereocenters. The first-order valence-corrected chi connectivity index (χ1v) is 7.59. The van der Waals surface area contributed by atoms with Crippen molar-refractivity contribution in [1.29, 1.82) is 0 Å². The number of hydrogen-bond acceptors (Lipinski definition) is 2. The maximum Gasteiger partial charge on any atom is 0.338 e. The van der Waals surface area contributed by atoms with Crippen LogP contribution in [0, 0.1) is 0 Å². The van der Waals surface area contributed by atoms with Gasteiger partial charge in [0.25, 0.3) is 0 Å². The normalized spacial score (nSPS) is 11.9. The van der Waals surface area contributed by atoms with Crippen LogP contribution in [0.15, 0.2) is 54.6 Å². The molecule has 0 bridgehead atoms. The fourth-order valence-electron chi connectivity index (χ4n) is 2.35. The van der Waals surface area contributed by atoms with Crippen molar-refractivity contribution < 1.29 is 9.53 Å². The van der Waals surface area contributed by atoms with Gasteiger partial charge in [-0.2, -0.15) is 0 Å². The molecule has 0 N–H and O–H groups in total. The largest absolute Gasteiger partial charge is 0.454 e. The molecule has 2 rings (SSSR count). The van der Waals surface area contributed by atoms with Crippen molar-refractivity contribution >= 4 is 5.97 Å². The molecule has 2 aromatic rings. The summed E-state index contributed by atoms with van der Waals surface area (Å²) in [4.78, 5) is 12.2. The third kappa shape index (κ3) is 4.19. The van der Waals surface area contributed by atoms with E-state index in [0.29, 0.717) is 5.56 Å². The summed E-state index contributed by atoms with van der Waals surface area (Å²) in [5.41, 5.74) is 2.91. The molecule has 2 nitrogen and oxygen atoms in total. The van der Waals surface area contributed by atoms with Crippen LogP contribution < -0.4 is 0 Å². The van der Waals surface area contributed by atoms with Crippen LogP contribution in [0.5, 0.6) is 0 Å². The number of esters is 1. The van der Waals surface area contributed by atoms with Gasteiger partial charge >= 0.3 is 5.97 Å². The molecule has 21 heavy (non-hydrogen) atoms. The lowest BCUT2D eigenvalue weighted by molar-refractivity contribution is 0.0288. The summed E-state index contributed by atoms with van der Waals surface area (Å²) in [6.45, 7) is 4.17. The van der Waals surface area contributed by atoms with E-state index in [-0.39, 0.29) is 12.1 Å². The van der Waals surface area contributed by atoms with Crippen molar-refractivity contribution in [3.8, 4) is 0 Å². The van der Waals surface area contributed by atoms with Gasteiger partial charge in [-0.1, -0.05) is 62.7 Å². The molecule has 0 radical (unpaired) electrons. The molecule has 110 valence electrons. The summed E-state index contributed by atoms with van der Waals surface area (Å²) in [5, 5.41) is 0. The second-order valence-electron chi connectivity index (χ2n) is 5.16. The zero-order chi connectivity index (χ0) is 15.1. The van der Waals surface area contributed by atoms with Crippen LogP contribution in [-0.2, 0) is 11.2 Å². The topological polar surface area (TPSA) is 26.3 Å². The quantitative estimate of drug-likeness (QED) is 0.701. The Labute approximate surface area is 126 Å². The van der Waals surface area contributed by atoms with Gasteiger partial charge in [0.1, 0.15) is 6.10 Å². The Morgan fingerprint density at radius 1 is 1.00 bits per heavy atom. The lowest BCUT2D eigenvalue weighted by Crippen LogP contribution is -2.11. The molecular weight excluding hydrogens is 260 g/mol. The molecule has 1 unspecified atom stereocenters. The number of ether oxygens (including phenoxy) is 1. The van der Waals surface area contributed by atoms with E-state index in [4.69, 9.17) is 4.74 Å². The van der Waals surface area contributed by atoms with Gasteiger partial charge in [0.05, 0.1) is 5.56 Å². The van der Waals surface area contributed by atoms with Gasteiger partial charge < -0.3 is 4.74 Å². The van der Waals surface area contributed by atoms with E-state index in [1.165, 1.54) is 5.56 Å². The number of benzene rings is 2. The summed E-state index contributed by atoms with van der Waals surface area (Å²) < 4.78 is 5.63. The van der Waals surface area contributed by atoms with Crippen molar-refractivity contribution in [2.45, 2.75) is 39.2 Å². The maximum absolute atomic E-state index is 12.2. The van der Waals surface area contributed by atoms with Gasteiger partial charge in [0, 0.05) is 0 Å². The Bertz CT molecular complexity index is 558. The monoisotopic (exact) mass is 282 g/mol. The summed E-state index contributed by atoms with van der Waals surface area (Å²) in [6, 6.07) is 17.6. The molecule has 0 saturated heterocycles. The van der Waals surface area contributed by atoms with E-state index in [9.17, 15) is 4.79 Å². The lowest BCUT2D eigenvalue weighted by Gasteiger charge is -2.16. The molecule has 0 saturated carbocycles. The fourth-order valence-corrected chi connectivity index (χ4v) is 2.35. The summed E-state index contributed by atoms with van der Waals surface area (Å²) >= 11 is 0. The van der Waals surface area contributed by atoms with Gasteiger partial charge in [-0.3, -0.25) is 0 Å². The summed E-state index contributed by atoms with van der Waals surface area (Å²) in [6.07, 6.45) is 2.73. The predicted octanol–water partition coefficient (Wildman–Crippen LogP) is 4.95. The summed E-state index contributed by atoms with van der Waals surface area (Å²) in [5.74, 6) is -0.256. The van der Waals surface area contributed by atoms with Crippen LogP contribution in [0.2, 0.25) is 0 Å². The van der Waals surface area contributed by atoms with Crippen LogP contribution in [0.25, 0.3) is 0 Å². The van der Waals surface area contributed by atoms with Gasteiger partial charge in [0.2, 0.25) is 0 Å². The van der Waals surface area contributed by atoms with E-state index in [0.717, 1.165) is 24.8 Å². The molecule has 2 aromatic carbocycles. The standard InChI is InChI=1S/C19H22O2/c1-3-8-15-11-13-17(14-12-15)19(20)21-18(4-2)16-9-6-5-7-10-16/h5-7,9-14,18H,3-4,8H2,1-2H3. The van der Waals surface area contributed by atoms with Crippen LogP contribution in [0.4, 0.5) is 0 Å². The third-order valence-corrected chi connectivity index (χ3v) is 3.52. The van der Waals surface area contributed by atoms with Crippen molar-refractivity contribution in [3.05, 3.63) is 71.3 Å². The van der Waals surface area contributed by atoms with Crippen molar-refractivity contribution in [2.24, 2.45) is 0 Å². The van der Waals surface area contributed by atoms with Crippen LogP contribution in [0.1, 0.15) is 54.3 Å². The minimum atomic E-state index is -0.256. The average Bonchev–Trinajstić information content (AvgIpc) is 2.54. The highest BCUT2D eigenvalue weighted by atomic mass is 16.5. The highest BCUT2D eigenvalue weighted by molar-refractivity contribution is 5.89. The first-order valence-electron chi connectivity index (χ1n) is 7.59. The van der Waals surface area contributed by atoms with Crippen LogP contribution >= 0.6 is 0 Å². The third-order valence-electron chi connectivity index (χ3n) is 3.52. The molecule has 2 heteroatoms. The molecule has 0 amide bonds. The molecule has 0 aliphatic heterocycles. The Morgan fingerprint density at radius 3 is 2.24 bits per heavy atom. The van der Waals surface area contributed by atoms with Gasteiger partial charge in [-0.15, -0.1) is 0 Å². The second kappa shape index (κ2) is 7.63. The Kier molecular flexibility index (Phi) is 5.56. The number of hydrogen-bond donors (Lipinski definition) is 0. The first-order chi connectivity index (χ1) is 10.2. The molecule has 0 aliphatic carbocycles. The Morgan fingerprint density at radius 2 is 1.67 bits per heavy atom.